The Labute approximate surface area is 167 Å². The molecule has 1 saturated carbocycles. The molecule has 0 saturated heterocycles. The van der Waals surface area contributed by atoms with Gasteiger partial charge in [0.25, 0.3) is 5.56 Å². The van der Waals surface area contributed by atoms with E-state index in [1.54, 1.807) is 31.2 Å². The van der Waals surface area contributed by atoms with Crippen LogP contribution >= 0.6 is 0 Å². The van der Waals surface area contributed by atoms with Gasteiger partial charge in [-0.3, -0.25) is 19.0 Å². The molecule has 2 heterocycles. The van der Waals surface area contributed by atoms with Gasteiger partial charge in [-0.05, 0) is 30.9 Å². The van der Waals surface area contributed by atoms with E-state index in [0.717, 1.165) is 16.5 Å². The van der Waals surface area contributed by atoms with Gasteiger partial charge in [0.1, 0.15) is 5.78 Å². The smallest absolute Gasteiger partial charge is 0.261 e. The summed E-state index contributed by atoms with van der Waals surface area (Å²) in [6, 6.07) is 14.6. The van der Waals surface area contributed by atoms with Crippen LogP contribution in [0.4, 0.5) is 0 Å². The fourth-order valence-corrected chi connectivity index (χ4v) is 5.15. The third kappa shape index (κ3) is 2.16. The number of rotatable bonds is 2. The Kier molecular flexibility index (Phi) is 3.56. The predicted octanol–water partition coefficient (Wildman–Crippen LogP) is 3.44. The summed E-state index contributed by atoms with van der Waals surface area (Å²) in [4.78, 5) is 37.8. The molecule has 2 aromatic carbocycles. The molecule has 0 amide bonds. The largest absolute Gasteiger partial charge is 0.369 e. The lowest BCUT2D eigenvalue weighted by molar-refractivity contribution is -0.142. The zero-order valence-electron chi connectivity index (χ0n) is 16.4. The van der Waals surface area contributed by atoms with Crippen LogP contribution < -0.4 is 5.56 Å². The van der Waals surface area contributed by atoms with Crippen LogP contribution in [0.25, 0.3) is 21.9 Å². The summed E-state index contributed by atoms with van der Waals surface area (Å²) < 4.78 is 1.47. The van der Waals surface area contributed by atoms with E-state index in [2.05, 4.69) is 0 Å². The summed E-state index contributed by atoms with van der Waals surface area (Å²) in [5.74, 6) is -0.0251. The number of pyridine rings is 1. The Hall–Kier alpha value is -3.05. The van der Waals surface area contributed by atoms with Crippen molar-refractivity contribution in [2.45, 2.75) is 38.8 Å². The average Bonchev–Trinajstić information content (AvgIpc) is 3.08. The topological polar surface area (TPSA) is 76.4 Å². The van der Waals surface area contributed by atoms with Crippen molar-refractivity contribution in [1.82, 2.24) is 4.57 Å². The Bertz CT molecular complexity index is 1270. The SMILES string of the molecule is CC(=O)c1ccc(-c2c3n(c(=O)c4ccccc24)C2(O)CCC(=O)C2(C)C3)cc1. The Morgan fingerprint density at radius 1 is 1.03 bits per heavy atom. The van der Waals surface area contributed by atoms with Gasteiger partial charge in [-0.1, -0.05) is 42.5 Å². The van der Waals surface area contributed by atoms with Crippen molar-refractivity contribution in [2.24, 2.45) is 5.41 Å². The molecule has 0 radical (unpaired) electrons. The first kappa shape index (κ1) is 18.0. The number of nitrogens with zero attached hydrogens (tertiary/aromatic N) is 1. The lowest BCUT2D eigenvalue weighted by atomic mass is 9.79. The number of ketones is 2. The summed E-state index contributed by atoms with van der Waals surface area (Å²) >= 11 is 0. The summed E-state index contributed by atoms with van der Waals surface area (Å²) in [5, 5.41) is 12.8. The highest BCUT2D eigenvalue weighted by Gasteiger charge is 2.63. The Morgan fingerprint density at radius 3 is 2.34 bits per heavy atom. The summed E-state index contributed by atoms with van der Waals surface area (Å²) in [6.07, 6.45) is 0.830. The fraction of sp³-hybridized carbons (Fsp3) is 0.292. The highest BCUT2D eigenvalue weighted by atomic mass is 16.3. The van der Waals surface area contributed by atoms with Crippen LogP contribution in [0.5, 0.6) is 0 Å². The van der Waals surface area contributed by atoms with Gasteiger partial charge in [0.05, 0.1) is 5.41 Å². The molecule has 0 bridgehead atoms. The number of aliphatic hydroxyl groups is 1. The van der Waals surface area contributed by atoms with E-state index in [0.29, 0.717) is 23.1 Å². The normalized spacial score (nSPS) is 25.3. The molecule has 1 aromatic heterocycles. The number of aromatic nitrogens is 1. The maximum Gasteiger partial charge on any atom is 0.261 e. The summed E-state index contributed by atoms with van der Waals surface area (Å²) in [5.41, 5.74) is 0.212. The fourth-order valence-electron chi connectivity index (χ4n) is 5.15. The van der Waals surface area contributed by atoms with Crippen molar-refractivity contribution >= 4 is 22.3 Å². The molecule has 5 nitrogen and oxygen atoms in total. The minimum absolute atomic E-state index is 0.00923. The van der Waals surface area contributed by atoms with Gasteiger partial charge >= 0.3 is 0 Å². The van der Waals surface area contributed by atoms with Gasteiger partial charge < -0.3 is 5.11 Å². The number of Topliss-reactive ketones (excluding diaryl/α,β-unsaturated/α-hetero) is 2. The molecular formula is C24H21NO4. The summed E-state index contributed by atoms with van der Waals surface area (Å²) in [6.45, 7) is 3.29. The van der Waals surface area contributed by atoms with E-state index in [1.165, 1.54) is 11.5 Å². The van der Waals surface area contributed by atoms with E-state index in [1.807, 2.05) is 24.3 Å². The Balaban J connectivity index is 1.88. The van der Waals surface area contributed by atoms with Crippen molar-refractivity contribution in [1.29, 1.82) is 0 Å². The number of benzene rings is 2. The maximum atomic E-state index is 13.4. The molecule has 2 atom stereocenters. The van der Waals surface area contributed by atoms with E-state index in [9.17, 15) is 19.5 Å². The molecule has 146 valence electrons. The molecular weight excluding hydrogens is 366 g/mol. The van der Waals surface area contributed by atoms with E-state index < -0.39 is 11.1 Å². The molecule has 5 rings (SSSR count). The Morgan fingerprint density at radius 2 is 1.69 bits per heavy atom. The second-order valence-electron chi connectivity index (χ2n) is 8.39. The quantitative estimate of drug-likeness (QED) is 0.684. The molecule has 2 unspecified atom stereocenters. The molecule has 2 aliphatic rings. The minimum atomic E-state index is -1.51. The van der Waals surface area contributed by atoms with Crippen molar-refractivity contribution in [3.05, 3.63) is 70.1 Å². The van der Waals surface area contributed by atoms with E-state index in [4.69, 9.17) is 0 Å². The molecule has 1 fully saturated rings. The van der Waals surface area contributed by atoms with Gasteiger partial charge in [0.15, 0.2) is 11.5 Å². The third-order valence-corrected chi connectivity index (χ3v) is 6.86. The van der Waals surface area contributed by atoms with Crippen LogP contribution in [0.2, 0.25) is 0 Å². The number of carbonyl (C=O) groups excluding carboxylic acids is 2. The first-order valence-electron chi connectivity index (χ1n) is 9.82. The average molecular weight is 387 g/mol. The molecule has 3 aromatic rings. The second kappa shape index (κ2) is 5.74. The molecule has 1 N–H and O–H groups in total. The first-order chi connectivity index (χ1) is 13.8. The van der Waals surface area contributed by atoms with Gasteiger partial charge in [-0.15, -0.1) is 0 Å². The van der Waals surface area contributed by atoms with Gasteiger partial charge in [-0.2, -0.15) is 0 Å². The van der Waals surface area contributed by atoms with Crippen LogP contribution in [0.15, 0.2) is 53.3 Å². The molecule has 29 heavy (non-hydrogen) atoms. The molecule has 5 heteroatoms. The highest BCUT2D eigenvalue weighted by molar-refractivity contribution is 6.00. The maximum absolute atomic E-state index is 13.4. The van der Waals surface area contributed by atoms with Gasteiger partial charge in [-0.25, -0.2) is 0 Å². The van der Waals surface area contributed by atoms with Crippen molar-refractivity contribution in [3.8, 4) is 11.1 Å². The van der Waals surface area contributed by atoms with Crippen molar-refractivity contribution < 1.29 is 14.7 Å². The number of fused-ring (bicyclic) bond motifs is 4. The lowest BCUT2D eigenvalue weighted by Gasteiger charge is -2.32. The van der Waals surface area contributed by atoms with Gasteiger partial charge in [0, 0.05) is 41.5 Å². The van der Waals surface area contributed by atoms with Crippen LogP contribution in [-0.4, -0.2) is 21.2 Å². The zero-order chi connectivity index (χ0) is 20.6. The van der Waals surface area contributed by atoms with E-state index in [-0.39, 0.29) is 30.0 Å². The standard InChI is InChI=1S/C24H21NO4/c1-14(26)15-7-9-16(10-8-15)21-17-5-3-4-6-18(17)22(28)25-19(21)13-23(2)20(27)11-12-24(23,25)29/h3-10,29H,11-13H2,1-2H3. The number of hydrogen-bond donors (Lipinski definition) is 1. The van der Waals surface area contributed by atoms with Crippen molar-refractivity contribution in [3.63, 3.8) is 0 Å². The molecule has 1 aliphatic carbocycles. The van der Waals surface area contributed by atoms with E-state index >= 15 is 0 Å². The molecule has 1 aliphatic heterocycles. The van der Waals surface area contributed by atoms with Crippen LogP contribution in [0.3, 0.4) is 0 Å². The second-order valence-corrected chi connectivity index (χ2v) is 8.39. The highest BCUT2D eigenvalue weighted by Crippen LogP contribution is 2.55. The molecule has 0 spiro atoms. The predicted molar refractivity (Wildman–Crippen MR) is 110 cm³/mol. The number of hydrogen-bond acceptors (Lipinski definition) is 4. The monoisotopic (exact) mass is 387 g/mol. The van der Waals surface area contributed by atoms with Gasteiger partial charge in [0.2, 0.25) is 0 Å². The first-order valence-corrected chi connectivity index (χ1v) is 9.82. The summed E-state index contributed by atoms with van der Waals surface area (Å²) in [7, 11) is 0. The third-order valence-electron chi connectivity index (χ3n) is 6.86. The minimum Gasteiger partial charge on any atom is -0.369 e. The van der Waals surface area contributed by atoms with Crippen LogP contribution in [0, 0.1) is 5.41 Å². The van der Waals surface area contributed by atoms with Crippen molar-refractivity contribution in [2.75, 3.05) is 0 Å². The number of carbonyl (C=O) groups is 2. The lowest BCUT2D eigenvalue weighted by Crippen LogP contribution is -2.47. The van der Waals surface area contributed by atoms with Crippen LogP contribution in [0.1, 0.15) is 42.7 Å². The zero-order valence-corrected chi connectivity index (χ0v) is 16.4. The van der Waals surface area contributed by atoms with Crippen LogP contribution in [-0.2, 0) is 16.9 Å².